The SMILES string of the molecule is NC(=O)C1CCCN(c2nccc(-c3cnn(-c4cccc(Cl)c4)c3)n2)C1.O=C(O)C(F)(F)F. The van der Waals surface area contributed by atoms with E-state index in [1.165, 1.54) is 0 Å². The van der Waals surface area contributed by atoms with Crippen LogP contribution in [0.4, 0.5) is 19.1 Å². The van der Waals surface area contributed by atoms with Gasteiger partial charge in [-0.05, 0) is 37.1 Å². The zero-order chi connectivity index (χ0) is 24.9. The Kier molecular flexibility index (Phi) is 7.72. The summed E-state index contributed by atoms with van der Waals surface area (Å²) in [4.78, 5) is 31.5. The lowest BCUT2D eigenvalue weighted by Crippen LogP contribution is -2.41. The Bertz CT molecular complexity index is 1170. The lowest BCUT2D eigenvalue weighted by Gasteiger charge is -2.31. The standard InChI is InChI=1S/C19H19ClN6O.C2HF3O2/c20-15-4-1-5-16(9-15)26-12-14(10-23-26)17-6-7-22-19(24-17)25-8-2-3-13(11-25)18(21)27;3-2(4,5)1(6)7/h1,4-7,9-10,12-13H,2-3,8,11H2,(H2,21,27);(H,6,7). The molecule has 3 N–H and O–H groups in total. The smallest absolute Gasteiger partial charge is 0.475 e. The van der Waals surface area contributed by atoms with E-state index in [0.717, 1.165) is 36.3 Å². The van der Waals surface area contributed by atoms with E-state index in [-0.39, 0.29) is 11.8 Å². The largest absolute Gasteiger partial charge is 0.490 e. The number of carboxylic acids is 1. The van der Waals surface area contributed by atoms with Gasteiger partial charge in [-0.1, -0.05) is 17.7 Å². The van der Waals surface area contributed by atoms with Crippen LogP contribution in [0, 0.1) is 5.92 Å². The number of nitrogens with zero attached hydrogens (tertiary/aromatic N) is 5. The van der Waals surface area contributed by atoms with Gasteiger partial charge in [0.1, 0.15) is 0 Å². The van der Waals surface area contributed by atoms with Crippen molar-refractivity contribution in [3.8, 4) is 16.9 Å². The Morgan fingerprint density at radius 2 is 1.97 bits per heavy atom. The summed E-state index contributed by atoms with van der Waals surface area (Å²) in [6.07, 6.45) is 2.02. The Morgan fingerprint density at radius 1 is 1.24 bits per heavy atom. The Hall–Kier alpha value is -3.67. The average molecular weight is 497 g/mol. The fourth-order valence-corrected chi connectivity index (χ4v) is 3.45. The number of carboxylic acid groups (broad SMARTS) is 1. The number of hydrogen-bond acceptors (Lipinski definition) is 6. The molecule has 9 nitrogen and oxygen atoms in total. The second-order valence-electron chi connectivity index (χ2n) is 7.39. The molecule has 0 radical (unpaired) electrons. The number of anilines is 1. The van der Waals surface area contributed by atoms with E-state index in [1.807, 2.05) is 41.4 Å². The molecule has 1 aliphatic heterocycles. The summed E-state index contributed by atoms with van der Waals surface area (Å²) in [7, 11) is 0. The summed E-state index contributed by atoms with van der Waals surface area (Å²) in [5, 5.41) is 12.2. The molecule has 34 heavy (non-hydrogen) atoms. The normalized spacial score (nSPS) is 15.9. The number of aromatic nitrogens is 4. The van der Waals surface area contributed by atoms with Crippen LogP contribution in [0.1, 0.15) is 12.8 Å². The number of carbonyl (C=O) groups excluding carboxylic acids is 1. The number of primary amides is 1. The maximum atomic E-state index is 11.5. The van der Waals surface area contributed by atoms with Crippen LogP contribution in [0.25, 0.3) is 16.9 Å². The summed E-state index contributed by atoms with van der Waals surface area (Å²) in [5.74, 6) is -2.57. The third kappa shape index (κ3) is 6.44. The second-order valence-corrected chi connectivity index (χ2v) is 7.82. The highest BCUT2D eigenvalue weighted by molar-refractivity contribution is 6.30. The summed E-state index contributed by atoms with van der Waals surface area (Å²) >= 11 is 6.06. The molecule has 0 bridgehead atoms. The molecule has 3 aromatic rings. The first-order valence-electron chi connectivity index (χ1n) is 10.0. The van der Waals surface area contributed by atoms with Crippen LogP contribution in [0.2, 0.25) is 5.02 Å². The zero-order valence-electron chi connectivity index (χ0n) is 17.6. The van der Waals surface area contributed by atoms with Gasteiger partial charge in [0.2, 0.25) is 11.9 Å². The molecule has 180 valence electrons. The van der Waals surface area contributed by atoms with Crippen molar-refractivity contribution in [2.24, 2.45) is 11.7 Å². The van der Waals surface area contributed by atoms with Gasteiger partial charge in [-0.15, -0.1) is 0 Å². The third-order valence-electron chi connectivity index (χ3n) is 4.94. The molecule has 3 heterocycles. The first-order valence-corrected chi connectivity index (χ1v) is 10.4. The van der Waals surface area contributed by atoms with Gasteiger partial charge in [0.05, 0.1) is 23.5 Å². The number of benzene rings is 1. The van der Waals surface area contributed by atoms with Crippen molar-refractivity contribution in [3.63, 3.8) is 0 Å². The van der Waals surface area contributed by atoms with Gasteiger partial charge in [-0.2, -0.15) is 18.3 Å². The Labute approximate surface area is 197 Å². The molecule has 1 atom stereocenters. The Balaban J connectivity index is 0.000000406. The molecule has 2 aromatic heterocycles. The number of rotatable bonds is 4. The van der Waals surface area contributed by atoms with E-state index < -0.39 is 12.1 Å². The summed E-state index contributed by atoms with van der Waals surface area (Å²) in [5.41, 5.74) is 8.00. The number of alkyl halides is 3. The van der Waals surface area contributed by atoms with E-state index in [1.54, 1.807) is 17.1 Å². The third-order valence-corrected chi connectivity index (χ3v) is 5.18. The predicted octanol–water partition coefficient (Wildman–Crippen LogP) is 3.32. The van der Waals surface area contributed by atoms with Gasteiger partial charge < -0.3 is 15.7 Å². The summed E-state index contributed by atoms with van der Waals surface area (Å²) in [6, 6.07) is 9.34. The highest BCUT2D eigenvalue weighted by Gasteiger charge is 2.38. The first-order chi connectivity index (χ1) is 16.0. The van der Waals surface area contributed by atoms with Crippen molar-refractivity contribution < 1.29 is 27.9 Å². The molecule has 1 saturated heterocycles. The Morgan fingerprint density at radius 3 is 2.62 bits per heavy atom. The lowest BCUT2D eigenvalue weighted by molar-refractivity contribution is -0.192. The van der Waals surface area contributed by atoms with Crippen LogP contribution in [0.5, 0.6) is 0 Å². The van der Waals surface area contributed by atoms with E-state index in [0.29, 0.717) is 17.5 Å². The topological polar surface area (TPSA) is 127 Å². The van der Waals surface area contributed by atoms with Gasteiger partial charge in [-0.3, -0.25) is 4.79 Å². The van der Waals surface area contributed by atoms with Gasteiger partial charge in [0.25, 0.3) is 0 Å². The minimum absolute atomic E-state index is 0.156. The van der Waals surface area contributed by atoms with Crippen molar-refractivity contribution in [3.05, 3.63) is 53.9 Å². The average Bonchev–Trinajstić information content (AvgIpc) is 3.30. The number of halogens is 4. The fraction of sp³-hybridized carbons (Fsp3) is 0.286. The molecule has 1 fully saturated rings. The van der Waals surface area contributed by atoms with Crippen LogP contribution in [-0.2, 0) is 9.59 Å². The maximum Gasteiger partial charge on any atom is 0.490 e. The highest BCUT2D eigenvalue weighted by atomic mass is 35.5. The highest BCUT2D eigenvalue weighted by Crippen LogP contribution is 2.24. The van der Waals surface area contributed by atoms with Gasteiger partial charge in [0.15, 0.2) is 0 Å². The van der Waals surface area contributed by atoms with E-state index in [9.17, 15) is 18.0 Å². The van der Waals surface area contributed by atoms with E-state index >= 15 is 0 Å². The van der Waals surface area contributed by atoms with Gasteiger partial charge >= 0.3 is 12.1 Å². The second kappa shape index (κ2) is 10.5. The molecule has 0 saturated carbocycles. The zero-order valence-corrected chi connectivity index (χ0v) is 18.4. The van der Waals surface area contributed by atoms with Crippen molar-refractivity contribution in [2.45, 2.75) is 19.0 Å². The molecule has 1 unspecified atom stereocenters. The minimum Gasteiger partial charge on any atom is -0.475 e. The lowest BCUT2D eigenvalue weighted by atomic mass is 9.98. The van der Waals surface area contributed by atoms with Crippen LogP contribution in [0.15, 0.2) is 48.9 Å². The van der Waals surface area contributed by atoms with E-state index in [2.05, 4.69) is 15.1 Å². The van der Waals surface area contributed by atoms with Crippen LogP contribution >= 0.6 is 11.6 Å². The fourth-order valence-electron chi connectivity index (χ4n) is 3.27. The molecule has 1 aromatic carbocycles. The molecule has 1 aliphatic rings. The molecule has 0 spiro atoms. The summed E-state index contributed by atoms with van der Waals surface area (Å²) < 4.78 is 33.5. The van der Waals surface area contributed by atoms with E-state index in [4.69, 9.17) is 27.2 Å². The molecule has 0 aliphatic carbocycles. The van der Waals surface area contributed by atoms with Gasteiger partial charge in [-0.25, -0.2) is 19.4 Å². The van der Waals surface area contributed by atoms with Crippen molar-refractivity contribution in [1.82, 2.24) is 19.7 Å². The molecular weight excluding hydrogens is 477 g/mol. The maximum absolute atomic E-state index is 11.5. The number of nitrogens with two attached hydrogens (primary N) is 1. The molecule has 1 amide bonds. The minimum atomic E-state index is -5.08. The van der Waals surface area contributed by atoms with Gasteiger partial charge in [0, 0.05) is 36.1 Å². The van der Waals surface area contributed by atoms with Crippen LogP contribution < -0.4 is 10.6 Å². The predicted molar refractivity (Wildman–Crippen MR) is 117 cm³/mol. The van der Waals surface area contributed by atoms with Crippen molar-refractivity contribution in [2.75, 3.05) is 18.0 Å². The quantitative estimate of drug-likeness (QED) is 0.567. The van der Waals surface area contributed by atoms with Crippen LogP contribution in [0.3, 0.4) is 0 Å². The molecule has 4 rings (SSSR count). The first kappa shape index (κ1) is 25.0. The molecule has 13 heteroatoms. The molecular formula is C21H20ClF3N6O3. The number of carbonyl (C=O) groups is 2. The van der Waals surface area contributed by atoms with Crippen molar-refractivity contribution >= 4 is 29.4 Å². The van der Waals surface area contributed by atoms with Crippen molar-refractivity contribution in [1.29, 1.82) is 0 Å². The number of hydrogen-bond donors (Lipinski definition) is 2. The monoisotopic (exact) mass is 496 g/mol. The number of aliphatic carboxylic acids is 1. The van der Waals surface area contributed by atoms with Crippen LogP contribution in [-0.4, -0.2) is 56.0 Å². The number of amides is 1. The summed E-state index contributed by atoms with van der Waals surface area (Å²) in [6.45, 7) is 1.37. The number of piperidine rings is 1.